The Labute approximate surface area is 169 Å². The molecule has 9 nitrogen and oxygen atoms in total. The Kier molecular flexibility index (Phi) is 6.15. The highest BCUT2D eigenvalue weighted by Crippen LogP contribution is 2.24. The average molecular weight is 412 g/mol. The van der Waals surface area contributed by atoms with Crippen LogP contribution < -0.4 is 10.9 Å². The summed E-state index contributed by atoms with van der Waals surface area (Å²) in [4.78, 5) is 38.1. The Hall–Kier alpha value is -3.79. The number of nitro groups is 1. The number of aryl methyl sites for hydroxylation is 1. The minimum atomic E-state index is -0.683. The van der Waals surface area contributed by atoms with Gasteiger partial charge in [-0.05, 0) is 24.1 Å². The molecule has 148 valence electrons. The monoisotopic (exact) mass is 412 g/mol. The summed E-state index contributed by atoms with van der Waals surface area (Å²) < 4.78 is 4.89. The Balaban J connectivity index is 1.54. The van der Waals surface area contributed by atoms with Crippen molar-refractivity contribution in [2.24, 2.45) is 0 Å². The topological polar surface area (TPSA) is 127 Å². The summed E-state index contributed by atoms with van der Waals surface area (Å²) in [5.74, 6) is -1.49. The van der Waals surface area contributed by atoms with Crippen molar-refractivity contribution in [3.63, 3.8) is 0 Å². The van der Waals surface area contributed by atoms with Gasteiger partial charge in [0.15, 0.2) is 0 Å². The lowest BCUT2D eigenvalue weighted by Gasteiger charge is -2.02. The number of nitrogens with zero attached hydrogens (tertiary/aromatic N) is 2. The predicted molar refractivity (Wildman–Crippen MR) is 107 cm³/mol. The average Bonchev–Trinajstić information content (AvgIpc) is 3.40. The third-order valence-electron chi connectivity index (χ3n) is 3.84. The van der Waals surface area contributed by atoms with E-state index >= 15 is 0 Å². The molecular weight excluding hydrogens is 396 g/mol. The van der Waals surface area contributed by atoms with Crippen LogP contribution in [0.25, 0.3) is 16.6 Å². The van der Waals surface area contributed by atoms with Crippen molar-refractivity contribution in [2.45, 2.75) is 13.3 Å². The number of aromatic nitrogens is 1. The van der Waals surface area contributed by atoms with Gasteiger partial charge in [0.2, 0.25) is 0 Å². The molecule has 0 saturated carbocycles. The number of hydrogen-bond acceptors (Lipinski definition) is 7. The largest absolute Gasteiger partial charge is 0.433 e. The van der Waals surface area contributed by atoms with Crippen molar-refractivity contribution in [3.8, 4) is 10.6 Å². The van der Waals surface area contributed by atoms with Gasteiger partial charge in [-0.3, -0.25) is 30.6 Å². The van der Waals surface area contributed by atoms with Crippen LogP contribution >= 0.6 is 11.3 Å². The second-order valence-corrected chi connectivity index (χ2v) is 6.66. The molecule has 0 aliphatic heterocycles. The number of carbonyl (C=O) groups is 2. The van der Waals surface area contributed by atoms with Crippen LogP contribution in [-0.2, 0) is 11.2 Å². The van der Waals surface area contributed by atoms with E-state index in [0.717, 1.165) is 18.1 Å². The number of hydrogen-bond donors (Lipinski definition) is 2. The summed E-state index contributed by atoms with van der Waals surface area (Å²) in [7, 11) is 0. The molecule has 0 aliphatic carbocycles. The number of benzene rings is 1. The minimum Gasteiger partial charge on any atom is -0.401 e. The van der Waals surface area contributed by atoms with Crippen LogP contribution in [0.4, 0.5) is 5.88 Å². The Morgan fingerprint density at radius 3 is 2.62 bits per heavy atom. The van der Waals surface area contributed by atoms with Crippen molar-refractivity contribution in [3.05, 3.63) is 75.0 Å². The summed E-state index contributed by atoms with van der Waals surface area (Å²) in [6, 6.07) is 10.4. The lowest BCUT2D eigenvalue weighted by Crippen LogP contribution is -2.40. The Bertz CT molecular complexity index is 1070. The smallest absolute Gasteiger partial charge is 0.401 e. The molecular formula is C19H16N4O5S. The van der Waals surface area contributed by atoms with Gasteiger partial charge in [0.1, 0.15) is 21.4 Å². The van der Waals surface area contributed by atoms with Crippen LogP contribution in [0.15, 0.2) is 52.3 Å². The standard InChI is InChI=1S/C19H16N4O5S/c1-2-12-3-5-13(6-4-12)19-20-15(11-29-19)18(25)22-21-16(24)9-7-14-8-10-17(28-14)23(26)27/h3-11H,2H2,1H3,(H,21,24)(H,22,25)/b9-7+. The maximum atomic E-state index is 12.1. The van der Waals surface area contributed by atoms with Gasteiger partial charge in [-0.15, -0.1) is 11.3 Å². The Morgan fingerprint density at radius 1 is 1.21 bits per heavy atom. The fourth-order valence-corrected chi connectivity index (χ4v) is 3.11. The zero-order valence-electron chi connectivity index (χ0n) is 15.2. The van der Waals surface area contributed by atoms with Crippen LogP contribution in [0.5, 0.6) is 0 Å². The number of carbonyl (C=O) groups excluding carboxylic acids is 2. The molecule has 10 heteroatoms. The lowest BCUT2D eigenvalue weighted by atomic mass is 10.1. The molecule has 29 heavy (non-hydrogen) atoms. The maximum absolute atomic E-state index is 12.1. The molecule has 3 aromatic rings. The summed E-state index contributed by atoms with van der Waals surface area (Å²) in [5.41, 5.74) is 6.76. The van der Waals surface area contributed by atoms with Crippen molar-refractivity contribution >= 4 is 35.1 Å². The van der Waals surface area contributed by atoms with Crippen LogP contribution in [0.1, 0.15) is 28.7 Å². The van der Waals surface area contributed by atoms with E-state index in [1.807, 2.05) is 24.3 Å². The fourth-order valence-electron chi connectivity index (χ4n) is 2.31. The van der Waals surface area contributed by atoms with Crippen molar-refractivity contribution in [1.29, 1.82) is 0 Å². The van der Waals surface area contributed by atoms with E-state index in [0.29, 0.717) is 5.01 Å². The number of rotatable bonds is 6. The van der Waals surface area contributed by atoms with Gasteiger partial charge in [-0.25, -0.2) is 4.98 Å². The van der Waals surface area contributed by atoms with E-state index in [1.165, 1.54) is 35.1 Å². The molecule has 3 rings (SSSR count). The molecule has 0 unspecified atom stereocenters. The first-order valence-corrected chi connectivity index (χ1v) is 9.41. The van der Waals surface area contributed by atoms with Gasteiger partial charge in [-0.2, -0.15) is 0 Å². The first-order chi connectivity index (χ1) is 14.0. The second kappa shape index (κ2) is 8.93. The van der Waals surface area contributed by atoms with Crippen molar-refractivity contribution in [1.82, 2.24) is 15.8 Å². The molecule has 2 N–H and O–H groups in total. The molecule has 0 fully saturated rings. The van der Waals surface area contributed by atoms with Gasteiger partial charge < -0.3 is 4.42 Å². The summed E-state index contributed by atoms with van der Waals surface area (Å²) in [6.07, 6.45) is 3.26. The van der Waals surface area contributed by atoms with E-state index in [9.17, 15) is 19.7 Å². The summed E-state index contributed by atoms with van der Waals surface area (Å²) in [5, 5.41) is 12.8. The fraction of sp³-hybridized carbons (Fsp3) is 0.105. The highest BCUT2D eigenvalue weighted by atomic mass is 32.1. The van der Waals surface area contributed by atoms with Crippen LogP contribution in [0.2, 0.25) is 0 Å². The lowest BCUT2D eigenvalue weighted by molar-refractivity contribution is -0.402. The third-order valence-corrected chi connectivity index (χ3v) is 4.73. The van der Waals surface area contributed by atoms with E-state index in [-0.39, 0.29) is 11.5 Å². The molecule has 2 amide bonds. The summed E-state index contributed by atoms with van der Waals surface area (Å²) >= 11 is 1.32. The normalized spacial score (nSPS) is 10.8. The number of hydrazine groups is 1. The van der Waals surface area contributed by atoms with Gasteiger partial charge in [0.05, 0.1) is 6.07 Å². The predicted octanol–water partition coefficient (Wildman–Crippen LogP) is 3.35. The highest BCUT2D eigenvalue weighted by Gasteiger charge is 2.13. The molecule has 0 bridgehead atoms. The first kappa shape index (κ1) is 20.0. The molecule has 2 heterocycles. The molecule has 0 spiro atoms. The third kappa shape index (κ3) is 5.14. The maximum Gasteiger partial charge on any atom is 0.433 e. The number of nitrogens with one attached hydrogen (secondary N) is 2. The van der Waals surface area contributed by atoms with Gasteiger partial charge in [0.25, 0.3) is 11.8 Å². The number of furan rings is 1. The zero-order valence-corrected chi connectivity index (χ0v) is 16.1. The van der Waals surface area contributed by atoms with Crippen LogP contribution in [0.3, 0.4) is 0 Å². The van der Waals surface area contributed by atoms with Crippen LogP contribution in [-0.4, -0.2) is 21.7 Å². The van der Waals surface area contributed by atoms with Crippen molar-refractivity contribution in [2.75, 3.05) is 0 Å². The molecule has 1 aromatic carbocycles. The molecule has 0 radical (unpaired) electrons. The van der Waals surface area contributed by atoms with Gasteiger partial charge in [0, 0.05) is 17.0 Å². The molecule has 0 atom stereocenters. The van der Waals surface area contributed by atoms with E-state index < -0.39 is 22.6 Å². The quantitative estimate of drug-likeness (QED) is 0.363. The highest BCUT2D eigenvalue weighted by molar-refractivity contribution is 7.13. The van der Waals surface area contributed by atoms with Gasteiger partial charge in [-0.1, -0.05) is 31.2 Å². The molecule has 0 aliphatic rings. The van der Waals surface area contributed by atoms with Crippen LogP contribution in [0, 0.1) is 10.1 Å². The molecule has 0 saturated heterocycles. The Morgan fingerprint density at radius 2 is 1.97 bits per heavy atom. The van der Waals surface area contributed by atoms with E-state index in [2.05, 4.69) is 22.8 Å². The minimum absolute atomic E-state index is 0.136. The van der Waals surface area contributed by atoms with Crippen molar-refractivity contribution < 1.29 is 18.9 Å². The molecule has 2 aromatic heterocycles. The SMILES string of the molecule is CCc1ccc(-c2nc(C(=O)NNC(=O)/C=C/c3ccc([N+](=O)[O-])o3)cs2)cc1. The zero-order chi connectivity index (χ0) is 20.8. The number of amides is 2. The number of thiazole rings is 1. The van der Waals surface area contributed by atoms with E-state index in [4.69, 9.17) is 4.42 Å². The van der Waals surface area contributed by atoms with Gasteiger partial charge >= 0.3 is 5.88 Å². The summed E-state index contributed by atoms with van der Waals surface area (Å²) in [6.45, 7) is 2.07. The first-order valence-electron chi connectivity index (χ1n) is 8.53. The van der Waals surface area contributed by atoms with E-state index in [1.54, 1.807) is 5.38 Å². The second-order valence-electron chi connectivity index (χ2n) is 5.80.